The van der Waals surface area contributed by atoms with Gasteiger partial charge < -0.3 is 9.59 Å². The van der Waals surface area contributed by atoms with Gasteiger partial charge in [0.15, 0.2) is 0 Å². The van der Waals surface area contributed by atoms with Gasteiger partial charge in [0, 0.05) is 11.8 Å². The van der Waals surface area contributed by atoms with Gasteiger partial charge in [-0.2, -0.15) is 0 Å². The van der Waals surface area contributed by atoms with Crippen LogP contribution in [-0.4, -0.2) is 12.6 Å². The zero-order valence-electron chi connectivity index (χ0n) is 10.4. The molecule has 0 amide bonds. The van der Waals surface area contributed by atoms with Gasteiger partial charge in [-0.3, -0.25) is 0 Å². The molecule has 16 heavy (non-hydrogen) atoms. The molecule has 1 rings (SSSR count). The number of aldehydes is 2. The van der Waals surface area contributed by atoms with Crippen molar-refractivity contribution in [3.8, 4) is 0 Å². The van der Waals surface area contributed by atoms with Gasteiger partial charge in [0.1, 0.15) is 12.6 Å². The predicted molar refractivity (Wildman–Crippen MR) is 66.7 cm³/mol. The molecule has 2 nitrogen and oxygen atoms in total. The zero-order chi connectivity index (χ0) is 12.6. The van der Waals surface area contributed by atoms with E-state index in [1.54, 1.807) is 0 Å². The van der Waals surface area contributed by atoms with Crippen LogP contribution in [0.3, 0.4) is 0 Å². The molecule has 0 saturated heterocycles. The Morgan fingerprint density at radius 3 is 1.25 bits per heavy atom. The molecule has 0 radical (unpaired) electrons. The Morgan fingerprint density at radius 1 is 0.812 bits per heavy atom. The highest BCUT2D eigenvalue weighted by atomic mass is 16.1. The summed E-state index contributed by atoms with van der Waals surface area (Å²) in [6, 6.07) is 7.59. The van der Waals surface area contributed by atoms with Crippen molar-refractivity contribution >= 4 is 12.6 Å². The summed E-state index contributed by atoms with van der Waals surface area (Å²) in [6.45, 7) is 7.70. The molecule has 0 N–H and O–H groups in total. The maximum absolute atomic E-state index is 10.5. The summed E-state index contributed by atoms with van der Waals surface area (Å²) in [6.07, 6.45) is 1.83. The van der Waals surface area contributed by atoms with Gasteiger partial charge in [-0.15, -0.1) is 0 Å². The number of carbonyl (C=O) groups excluding carboxylic acids is 2. The van der Waals surface area contributed by atoms with Crippen molar-refractivity contribution in [1.82, 2.24) is 0 Å². The third-order valence-corrected chi connectivity index (χ3v) is 2.40. The van der Waals surface area contributed by atoms with E-state index in [-0.39, 0.29) is 11.8 Å². The monoisotopic (exact) mass is 220 g/mol. The normalized spacial score (nSPS) is 13.0. The van der Waals surface area contributed by atoms with Crippen LogP contribution in [0.4, 0.5) is 0 Å². The second-order valence-electron chi connectivity index (χ2n) is 3.52. The van der Waals surface area contributed by atoms with E-state index >= 15 is 0 Å². The molecular formula is C14H20O2. The molecule has 2 heteroatoms. The summed E-state index contributed by atoms with van der Waals surface area (Å²) in [5, 5.41) is 0. The fourth-order valence-corrected chi connectivity index (χ4v) is 1.26. The lowest BCUT2D eigenvalue weighted by atomic mass is 9.97. The van der Waals surface area contributed by atoms with Crippen LogP contribution < -0.4 is 0 Å². The number of hydrogen-bond donors (Lipinski definition) is 0. The molecule has 0 aliphatic carbocycles. The molecular weight excluding hydrogens is 200 g/mol. The Balaban J connectivity index is 0.00000106. The van der Waals surface area contributed by atoms with E-state index in [4.69, 9.17) is 0 Å². The largest absolute Gasteiger partial charge is 0.303 e. The predicted octanol–water partition coefficient (Wildman–Crippen LogP) is 3.32. The van der Waals surface area contributed by atoms with Gasteiger partial charge in [-0.25, -0.2) is 0 Å². The van der Waals surface area contributed by atoms with Crippen LogP contribution in [0.2, 0.25) is 0 Å². The first-order chi connectivity index (χ1) is 7.69. The van der Waals surface area contributed by atoms with Crippen molar-refractivity contribution in [3.05, 3.63) is 35.4 Å². The Bertz CT molecular complexity index is 281. The molecule has 0 aromatic heterocycles. The van der Waals surface area contributed by atoms with E-state index < -0.39 is 0 Å². The first-order valence-electron chi connectivity index (χ1n) is 5.69. The summed E-state index contributed by atoms with van der Waals surface area (Å²) in [5.41, 5.74) is 1.98. The summed E-state index contributed by atoms with van der Waals surface area (Å²) in [5.74, 6) is -0.147. The molecule has 1 aromatic rings. The number of benzene rings is 1. The van der Waals surface area contributed by atoms with E-state index in [1.165, 1.54) is 0 Å². The quantitative estimate of drug-likeness (QED) is 0.729. The van der Waals surface area contributed by atoms with Gasteiger partial charge in [-0.1, -0.05) is 52.0 Å². The minimum absolute atomic E-state index is 0.0735. The van der Waals surface area contributed by atoms with Crippen molar-refractivity contribution < 1.29 is 9.59 Å². The molecule has 0 fully saturated rings. The van der Waals surface area contributed by atoms with Crippen LogP contribution in [0, 0.1) is 0 Å². The first-order valence-corrected chi connectivity index (χ1v) is 5.69. The SMILES string of the molecule is CC.CC(C=O)c1ccc(C(C)C=O)cc1. The number of hydrogen-bond acceptors (Lipinski definition) is 2. The van der Waals surface area contributed by atoms with Crippen molar-refractivity contribution in [2.24, 2.45) is 0 Å². The second-order valence-corrected chi connectivity index (χ2v) is 3.52. The Labute approximate surface area is 97.7 Å². The molecule has 1 aromatic carbocycles. The number of rotatable bonds is 4. The second kappa shape index (κ2) is 7.80. The van der Waals surface area contributed by atoms with E-state index in [0.29, 0.717) is 0 Å². The summed E-state index contributed by atoms with van der Waals surface area (Å²) < 4.78 is 0. The third-order valence-electron chi connectivity index (χ3n) is 2.40. The van der Waals surface area contributed by atoms with Crippen LogP contribution in [-0.2, 0) is 9.59 Å². The molecule has 0 aliphatic rings. The highest BCUT2D eigenvalue weighted by Gasteiger charge is 2.06. The maximum Gasteiger partial charge on any atom is 0.127 e. The van der Waals surface area contributed by atoms with Crippen LogP contribution in [0.5, 0.6) is 0 Å². The van der Waals surface area contributed by atoms with Gasteiger partial charge in [0.25, 0.3) is 0 Å². The smallest absolute Gasteiger partial charge is 0.127 e. The van der Waals surface area contributed by atoms with Gasteiger partial charge in [-0.05, 0) is 11.1 Å². The molecule has 88 valence electrons. The molecule has 0 bridgehead atoms. The Hall–Kier alpha value is -1.44. The van der Waals surface area contributed by atoms with Gasteiger partial charge in [0.2, 0.25) is 0 Å². The van der Waals surface area contributed by atoms with Crippen molar-refractivity contribution in [1.29, 1.82) is 0 Å². The lowest BCUT2D eigenvalue weighted by Crippen LogP contribution is -1.97. The van der Waals surface area contributed by atoms with Crippen LogP contribution in [0.15, 0.2) is 24.3 Å². The fraction of sp³-hybridized carbons (Fsp3) is 0.429. The molecule has 0 spiro atoms. The molecule has 2 unspecified atom stereocenters. The van der Waals surface area contributed by atoms with Crippen molar-refractivity contribution in [2.45, 2.75) is 39.5 Å². The van der Waals surface area contributed by atoms with Crippen molar-refractivity contribution in [3.63, 3.8) is 0 Å². The van der Waals surface area contributed by atoms with Crippen LogP contribution >= 0.6 is 0 Å². The Kier molecular flexibility index (Phi) is 7.10. The average molecular weight is 220 g/mol. The molecule has 0 saturated carbocycles. The molecule has 0 heterocycles. The zero-order valence-corrected chi connectivity index (χ0v) is 10.4. The van der Waals surface area contributed by atoms with Crippen LogP contribution in [0.25, 0.3) is 0 Å². The van der Waals surface area contributed by atoms with Gasteiger partial charge in [0.05, 0.1) is 0 Å². The lowest BCUT2D eigenvalue weighted by Gasteiger charge is -2.07. The lowest BCUT2D eigenvalue weighted by molar-refractivity contribution is -0.109. The van der Waals surface area contributed by atoms with E-state index in [0.717, 1.165) is 23.7 Å². The van der Waals surface area contributed by atoms with E-state index in [2.05, 4.69) is 0 Å². The number of carbonyl (C=O) groups is 2. The standard InChI is InChI=1S/C12H14O2.C2H6/c1-9(7-13)11-3-5-12(6-4-11)10(2)8-14;1-2/h3-10H,1-2H3;1-2H3. The highest BCUT2D eigenvalue weighted by Crippen LogP contribution is 2.17. The maximum atomic E-state index is 10.5. The molecule has 0 aliphatic heterocycles. The molecule has 2 atom stereocenters. The minimum atomic E-state index is -0.0735. The average Bonchev–Trinajstić information content (AvgIpc) is 2.39. The van der Waals surface area contributed by atoms with Crippen molar-refractivity contribution in [2.75, 3.05) is 0 Å². The summed E-state index contributed by atoms with van der Waals surface area (Å²) in [7, 11) is 0. The summed E-state index contributed by atoms with van der Waals surface area (Å²) in [4.78, 5) is 21.0. The topological polar surface area (TPSA) is 34.1 Å². The minimum Gasteiger partial charge on any atom is -0.303 e. The first kappa shape index (κ1) is 14.6. The van der Waals surface area contributed by atoms with Gasteiger partial charge >= 0.3 is 0 Å². The highest BCUT2D eigenvalue weighted by molar-refractivity contribution is 5.63. The summed E-state index contributed by atoms with van der Waals surface area (Å²) >= 11 is 0. The fourth-order valence-electron chi connectivity index (χ4n) is 1.26. The Morgan fingerprint density at radius 2 is 1.06 bits per heavy atom. The van der Waals surface area contributed by atoms with E-state index in [1.807, 2.05) is 52.0 Å². The third kappa shape index (κ3) is 3.97. The van der Waals surface area contributed by atoms with Crippen LogP contribution in [0.1, 0.15) is 50.7 Å². The van der Waals surface area contributed by atoms with E-state index in [9.17, 15) is 9.59 Å².